The summed E-state index contributed by atoms with van der Waals surface area (Å²) in [5, 5.41) is 2.51. The highest BCUT2D eigenvalue weighted by Crippen LogP contribution is 2.19. The second-order valence-corrected chi connectivity index (χ2v) is 3.22. The molecule has 0 aromatic carbocycles. The number of carbonyl (C=O) groups excluding carboxylic acids is 2. The molecule has 2 radical (unpaired) electrons. The number of aromatic nitrogens is 1. The quantitative estimate of drug-likeness (QED) is 0.629. The lowest BCUT2D eigenvalue weighted by Gasteiger charge is -2.04. The minimum absolute atomic E-state index is 0.0990. The lowest BCUT2D eigenvalue weighted by atomic mass is 10.1. The van der Waals surface area contributed by atoms with Crippen molar-refractivity contribution in [1.82, 2.24) is 4.98 Å². The fourth-order valence-corrected chi connectivity index (χ4v) is 1.28. The van der Waals surface area contributed by atoms with Gasteiger partial charge in [0.25, 0.3) is 0 Å². The van der Waals surface area contributed by atoms with Crippen LogP contribution in [0.1, 0.15) is 23.7 Å². The van der Waals surface area contributed by atoms with E-state index in [2.05, 4.69) is 10.3 Å². The normalized spacial score (nSPS) is 9.73. The number of rotatable bonds is 3. The number of carbonyl (C=O) groups is 2. The van der Waals surface area contributed by atoms with Crippen LogP contribution in [0.25, 0.3) is 0 Å². The van der Waals surface area contributed by atoms with Crippen molar-refractivity contribution in [2.75, 3.05) is 5.32 Å². The monoisotopic (exact) mass is 222 g/mol. The lowest BCUT2D eigenvalue weighted by molar-refractivity contribution is 0.0988. The summed E-state index contributed by atoms with van der Waals surface area (Å²) in [6.45, 7) is 1.73. The van der Waals surface area contributed by atoms with E-state index >= 15 is 0 Å². The van der Waals surface area contributed by atoms with Gasteiger partial charge in [-0.05, 0) is 0 Å². The van der Waals surface area contributed by atoms with Crippen LogP contribution in [0.3, 0.4) is 0 Å². The summed E-state index contributed by atoms with van der Waals surface area (Å²) in [7, 11) is 4.90. The summed E-state index contributed by atoms with van der Waals surface area (Å²) in [5.41, 5.74) is 0.342. The first-order valence-corrected chi connectivity index (χ1v) is 4.67. The van der Waals surface area contributed by atoms with E-state index in [1.165, 1.54) is 12.3 Å². The predicted molar refractivity (Wildman–Crippen MR) is 58.6 cm³/mol. The number of nitrogens with zero attached hydrogens (tertiary/aromatic N) is 1. The third-order valence-electron chi connectivity index (χ3n) is 1.73. The van der Waals surface area contributed by atoms with Crippen molar-refractivity contribution in [3.05, 3.63) is 22.8 Å². The molecule has 1 aromatic heterocycles. The third-order valence-corrected chi connectivity index (χ3v) is 2.04. The Bertz CT molecular complexity index is 409. The second kappa shape index (κ2) is 4.93. The molecular weight excluding hydrogens is 214 g/mol. The Hall–Kier alpha value is -1.36. The molecule has 15 heavy (non-hydrogen) atoms. The number of hydrogen-bond acceptors (Lipinski definition) is 3. The number of pyridine rings is 1. The number of anilines is 1. The maximum absolute atomic E-state index is 11.3. The van der Waals surface area contributed by atoms with Crippen LogP contribution in [-0.4, -0.2) is 24.4 Å². The van der Waals surface area contributed by atoms with E-state index in [9.17, 15) is 9.59 Å². The molecule has 0 aliphatic rings. The summed E-state index contributed by atoms with van der Waals surface area (Å²) < 4.78 is 0. The van der Waals surface area contributed by atoms with Crippen molar-refractivity contribution >= 4 is 36.9 Å². The van der Waals surface area contributed by atoms with Gasteiger partial charge in [0.1, 0.15) is 5.82 Å². The Morgan fingerprint density at radius 2 is 2.27 bits per heavy atom. The summed E-state index contributed by atoms with van der Waals surface area (Å²) in [4.78, 5) is 25.7. The first-order chi connectivity index (χ1) is 7.04. The molecule has 1 heterocycles. The zero-order valence-corrected chi connectivity index (χ0v) is 8.84. The number of ketones is 1. The fraction of sp³-hybridized carbons (Fsp3) is 0.222. The van der Waals surface area contributed by atoms with Crippen molar-refractivity contribution in [3.63, 3.8) is 0 Å². The van der Waals surface area contributed by atoms with Gasteiger partial charge in [0, 0.05) is 18.7 Å². The molecule has 4 nitrogen and oxygen atoms in total. The lowest BCUT2D eigenvalue weighted by Crippen LogP contribution is -2.10. The molecule has 0 spiro atoms. The Kier molecular flexibility index (Phi) is 3.85. The molecule has 0 fully saturated rings. The number of amides is 1. The van der Waals surface area contributed by atoms with Crippen LogP contribution in [0.4, 0.5) is 10.6 Å². The summed E-state index contributed by atoms with van der Waals surface area (Å²) >= 11 is 5.83. The van der Waals surface area contributed by atoms with E-state index in [4.69, 9.17) is 19.4 Å². The van der Waals surface area contributed by atoms with Gasteiger partial charge in [-0.1, -0.05) is 18.5 Å². The molecule has 0 saturated heterocycles. The van der Waals surface area contributed by atoms with Crippen LogP contribution in [0.15, 0.2) is 12.3 Å². The summed E-state index contributed by atoms with van der Waals surface area (Å²) in [6, 6.07) is 1.38. The van der Waals surface area contributed by atoms with Crippen LogP contribution in [0.5, 0.6) is 0 Å². The molecule has 1 aromatic rings. The number of Topliss-reactive ketones (excluding diaryl/α,β-unsaturated/α-hetero) is 1. The van der Waals surface area contributed by atoms with E-state index in [1.54, 1.807) is 6.92 Å². The van der Waals surface area contributed by atoms with E-state index in [0.29, 0.717) is 12.0 Å². The van der Waals surface area contributed by atoms with E-state index in [-0.39, 0.29) is 16.6 Å². The Morgan fingerprint density at radius 1 is 1.60 bits per heavy atom. The van der Waals surface area contributed by atoms with Gasteiger partial charge in [-0.15, -0.1) is 0 Å². The number of hydrogen-bond donors (Lipinski definition) is 1. The molecule has 0 saturated carbocycles. The average Bonchev–Trinajstić information content (AvgIpc) is 2.16. The molecule has 1 N–H and O–H groups in total. The second-order valence-electron chi connectivity index (χ2n) is 2.82. The van der Waals surface area contributed by atoms with Crippen LogP contribution in [-0.2, 0) is 0 Å². The Labute approximate surface area is 93.4 Å². The highest BCUT2D eigenvalue weighted by atomic mass is 35.5. The standard InChI is InChI=1S/C9H8BClN2O2/c1-2-7(14)5-4-12-8(3-6(5)11)13-9(10)15/h3-4H,2H2,1H3,(H,12,13,15). The van der Waals surface area contributed by atoms with Gasteiger partial charge in [-0.25, -0.2) is 4.98 Å². The Morgan fingerprint density at radius 3 is 2.73 bits per heavy atom. The van der Waals surface area contributed by atoms with Gasteiger partial charge in [0.15, 0.2) is 11.6 Å². The van der Waals surface area contributed by atoms with Crippen molar-refractivity contribution in [2.45, 2.75) is 13.3 Å². The molecular formula is C9H8BClN2O2. The molecule has 0 unspecified atom stereocenters. The van der Waals surface area contributed by atoms with E-state index in [0.717, 1.165) is 0 Å². The topological polar surface area (TPSA) is 59.1 Å². The average molecular weight is 222 g/mol. The van der Waals surface area contributed by atoms with Crippen molar-refractivity contribution < 1.29 is 9.59 Å². The van der Waals surface area contributed by atoms with Crippen LogP contribution >= 0.6 is 11.6 Å². The molecule has 6 heteroatoms. The smallest absolute Gasteiger partial charge is 0.201 e. The van der Waals surface area contributed by atoms with Gasteiger partial charge in [0.05, 0.1) is 10.6 Å². The maximum Gasteiger partial charge on any atom is 0.201 e. The first-order valence-electron chi connectivity index (χ1n) is 4.29. The van der Waals surface area contributed by atoms with E-state index in [1.807, 2.05) is 0 Å². The molecule has 0 aliphatic carbocycles. The SMILES string of the molecule is [B]C(=O)Nc1cc(Cl)c(C(=O)CC)cn1. The van der Waals surface area contributed by atoms with Crippen LogP contribution in [0.2, 0.25) is 5.02 Å². The van der Waals surface area contributed by atoms with Gasteiger partial charge >= 0.3 is 0 Å². The van der Waals surface area contributed by atoms with Gasteiger partial charge in [0.2, 0.25) is 7.85 Å². The molecule has 0 atom stereocenters. The van der Waals surface area contributed by atoms with Gasteiger partial charge < -0.3 is 5.32 Å². The molecule has 0 aliphatic heterocycles. The third kappa shape index (κ3) is 3.06. The zero-order chi connectivity index (χ0) is 11.4. The highest BCUT2D eigenvalue weighted by molar-refractivity contribution is 6.60. The van der Waals surface area contributed by atoms with Crippen molar-refractivity contribution in [2.24, 2.45) is 0 Å². The fourth-order valence-electron chi connectivity index (χ4n) is 1.02. The van der Waals surface area contributed by atoms with Crippen LogP contribution < -0.4 is 5.32 Å². The highest BCUT2D eigenvalue weighted by Gasteiger charge is 2.09. The number of nitrogens with one attached hydrogen (secondary N) is 1. The maximum atomic E-state index is 11.3. The Balaban J connectivity index is 2.97. The molecule has 0 bridgehead atoms. The zero-order valence-electron chi connectivity index (χ0n) is 8.08. The van der Waals surface area contributed by atoms with Crippen molar-refractivity contribution in [3.8, 4) is 0 Å². The molecule has 76 valence electrons. The van der Waals surface area contributed by atoms with Gasteiger partial charge in [-0.3, -0.25) is 9.59 Å². The number of halogens is 1. The summed E-state index contributed by atoms with van der Waals surface area (Å²) in [6.07, 6.45) is 1.67. The van der Waals surface area contributed by atoms with E-state index < -0.39 is 5.81 Å². The minimum atomic E-state index is -0.729. The van der Waals surface area contributed by atoms with Crippen LogP contribution in [0, 0.1) is 0 Å². The van der Waals surface area contributed by atoms with Gasteiger partial charge in [-0.2, -0.15) is 0 Å². The largest absolute Gasteiger partial charge is 0.321 e. The summed E-state index contributed by atoms with van der Waals surface area (Å²) in [5.74, 6) is -0.605. The first kappa shape index (κ1) is 11.7. The predicted octanol–water partition coefficient (Wildman–Crippen LogP) is 2.03. The molecule has 1 rings (SSSR count). The molecule has 1 amide bonds. The van der Waals surface area contributed by atoms with Crippen molar-refractivity contribution in [1.29, 1.82) is 0 Å². The minimum Gasteiger partial charge on any atom is -0.321 e.